The van der Waals surface area contributed by atoms with Crippen molar-refractivity contribution in [3.63, 3.8) is 0 Å². The molecular formula is C22H24IN3O8S. The Kier molecular flexibility index (Phi) is 9.51. The van der Waals surface area contributed by atoms with Crippen molar-refractivity contribution in [2.45, 2.75) is 50.2 Å². The largest absolute Gasteiger partial charge is 0.456 e. The van der Waals surface area contributed by atoms with Gasteiger partial charge in [0.25, 0.3) is 0 Å². The lowest BCUT2D eigenvalue weighted by Gasteiger charge is -2.23. The minimum absolute atomic E-state index is 0.0131. The Hall–Kier alpha value is -2.65. The Morgan fingerprint density at radius 2 is 1.80 bits per heavy atom. The zero-order valence-electron chi connectivity index (χ0n) is 19.1. The Labute approximate surface area is 219 Å². The van der Waals surface area contributed by atoms with E-state index in [1.165, 1.54) is 20.0 Å². The van der Waals surface area contributed by atoms with Crippen LogP contribution in [-0.2, 0) is 28.5 Å². The molecule has 3 rings (SSSR count). The number of hydrogen-bond acceptors (Lipinski definition) is 10. The van der Waals surface area contributed by atoms with Gasteiger partial charge in [-0.3, -0.25) is 19.5 Å². The molecule has 0 bridgehead atoms. The Morgan fingerprint density at radius 3 is 2.46 bits per heavy atom. The average Bonchev–Trinajstić information content (AvgIpc) is 3.08. The number of thioether (sulfide) groups is 1. The van der Waals surface area contributed by atoms with Gasteiger partial charge in [-0.1, -0.05) is 18.2 Å². The molecule has 11 nitrogen and oxygen atoms in total. The summed E-state index contributed by atoms with van der Waals surface area (Å²) < 4.78 is 23.1. The van der Waals surface area contributed by atoms with Crippen LogP contribution in [0.25, 0.3) is 0 Å². The van der Waals surface area contributed by atoms with Crippen LogP contribution in [-0.4, -0.2) is 58.3 Å². The summed E-state index contributed by atoms with van der Waals surface area (Å²) in [6.07, 6.45) is -3.05. The van der Waals surface area contributed by atoms with Crippen molar-refractivity contribution in [3.8, 4) is 0 Å². The minimum atomic E-state index is -1.08. The number of aromatic nitrogens is 2. The molecule has 4 atom stereocenters. The summed E-state index contributed by atoms with van der Waals surface area (Å²) in [6.45, 7) is 4.22. The highest BCUT2D eigenvalue weighted by Crippen LogP contribution is 2.33. The number of amides is 1. The topological polar surface area (TPSA) is 135 Å². The van der Waals surface area contributed by atoms with E-state index in [0.717, 1.165) is 9.46 Å². The van der Waals surface area contributed by atoms with Crippen molar-refractivity contribution in [1.29, 1.82) is 0 Å². The van der Waals surface area contributed by atoms with E-state index >= 15 is 0 Å². The fourth-order valence-electron chi connectivity index (χ4n) is 3.36. The van der Waals surface area contributed by atoms with Crippen LogP contribution in [0.3, 0.4) is 0 Å². The second-order valence-electron chi connectivity index (χ2n) is 7.43. The number of esters is 2. The molecule has 1 aliphatic heterocycles. The van der Waals surface area contributed by atoms with Crippen LogP contribution in [0, 0.1) is 3.57 Å². The maximum Gasteiger partial charge on any atom is 0.412 e. The second kappa shape index (κ2) is 12.4. The van der Waals surface area contributed by atoms with E-state index in [2.05, 4.69) is 10.3 Å². The van der Waals surface area contributed by atoms with Crippen LogP contribution in [0.1, 0.15) is 27.0 Å². The number of nitrogens with zero attached hydrogens (tertiary/aromatic N) is 2. The summed E-state index contributed by atoms with van der Waals surface area (Å²) in [4.78, 5) is 53.1. The number of hydrogen-bond donors (Lipinski definition) is 1. The normalized spacial score (nSPS) is 21.3. The van der Waals surface area contributed by atoms with Gasteiger partial charge in [0.2, 0.25) is 0 Å². The molecule has 2 aromatic rings. The van der Waals surface area contributed by atoms with Gasteiger partial charge in [0.1, 0.15) is 6.61 Å². The molecule has 1 N–H and O–H groups in total. The molecule has 0 aliphatic carbocycles. The van der Waals surface area contributed by atoms with Crippen molar-refractivity contribution >= 4 is 58.2 Å². The molecule has 1 aromatic carbocycles. The monoisotopic (exact) mass is 617 g/mol. The van der Waals surface area contributed by atoms with Crippen molar-refractivity contribution < 1.29 is 33.3 Å². The number of carbonyl (C=O) groups excluding carboxylic acids is 3. The quantitative estimate of drug-likeness (QED) is 0.155. The van der Waals surface area contributed by atoms with Crippen molar-refractivity contribution in [2.24, 2.45) is 0 Å². The van der Waals surface area contributed by atoms with Gasteiger partial charge in [-0.2, -0.15) is 4.98 Å². The highest BCUT2D eigenvalue weighted by Gasteiger charge is 2.48. The molecule has 1 saturated heterocycles. The van der Waals surface area contributed by atoms with E-state index in [4.69, 9.17) is 18.9 Å². The van der Waals surface area contributed by atoms with Gasteiger partial charge in [-0.05, 0) is 41.6 Å². The van der Waals surface area contributed by atoms with E-state index in [-0.39, 0.29) is 12.4 Å². The molecule has 0 saturated carbocycles. The third-order valence-corrected chi connectivity index (χ3v) is 6.52. The number of anilines is 1. The van der Waals surface area contributed by atoms with E-state index in [1.807, 2.05) is 52.9 Å². The lowest BCUT2D eigenvalue weighted by Crippen LogP contribution is -2.40. The van der Waals surface area contributed by atoms with Gasteiger partial charge in [0, 0.05) is 30.7 Å². The first-order valence-corrected chi connectivity index (χ1v) is 12.6. The molecule has 2 unspecified atom stereocenters. The average molecular weight is 617 g/mol. The molecule has 2 heterocycles. The summed E-state index contributed by atoms with van der Waals surface area (Å²) in [5.41, 5.74) is -0.766. The molecule has 1 aliphatic rings. The second-order valence-corrected chi connectivity index (χ2v) is 9.76. The van der Waals surface area contributed by atoms with Crippen LogP contribution in [0.4, 0.5) is 10.6 Å². The standard InChI is InChI=1S/C22H24IN3O8S/c1-12-17(33-13(2)27)18(34-14(3)28)20(32-12)26-11-16(23)19(24-21(26)29)25-22(30)31-9-10-35-15-7-5-4-6-8-15/h4-8,11-12,17-18,20H,9-10H2,1-3H3,(H,24,25,29,30)/t12-,17?,18?,20-/m1/s1. The zero-order valence-corrected chi connectivity index (χ0v) is 22.1. The molecule has 0 spiro atoms. The molecule has 1 amide bonds. The number of nitrogens with one attached hydrogen (secondary N) is 1. The SMILES string of the molecule is CC(=O)OC1C(OC(C)=O)[C@@H](C)O[C@H]1n1cc(I)c(NC(=O)OCCSc2ccccc2)nc1=O. The molecule has 35 heavy (non-hydrogen) atoms. The summed E-state index contributed by atoms with van der Waals surface area (Å²) >= 11 is 3.43. The van der Waals surface area contributed by atoms with E-state index in [1.54, 1.807) is 18.7 Å². The number of carbonyl (C=O) groups is 3. The highest BCUT2D eigenvalue weighted by atomic mass is 127. The van der Waals surface area contributed by atoms with Crippen LogP contribution in [0.5, 0.6) is 0 Å². The van der Waals surface area contributed by atoms with Crippen molar-refractivity contribution in [2.75, 3.05) is 17.7 Å². The van der Waals surface area contributed by atoms with Gasteiger partial charge in [-0.15, -0.1) is 11.8 Å². The smallest absolute Gasteiger partial charge is 0.412 e. The summed E-state index contributed by atoms with van der Waals surface area (Å²) in [5, 5.41) is 2.46. The number of halogens is 1. The van der Waals surface area contributed by atoms with E-state index in [0.29, 0.717) is 9.32 Å². The summed E-state index contributed by atoms with van der Waals surface area (Å²) in [7, 11) is 0. The van der Waals surface area contributed by atoms with Crippen LogP contribution in [0.2, 0.25) is 0 Å². The molecule has 13 heteroatoms. The fourth-order valence-corrected chi connectivity index (χ4v) is 4.67. The molecule has 1 aromatic heterocycles. The van der Waals surface area contributed by atoms with Gasteiger partial charge >= 0.3 is 23.7 Å². The molecular weight excluding hydrogens is 593 g/mol. The molecule has 1 fully saturated rings. The van der Waals surface area contributed by atoms with Crippen LogP contribution >= 0.6 is 34.4 Å². The summed E-state index contributed by atoms with van der Waals surface area (Å²) in [6, 6.07) is 9.69. The zero-order chi connectivity index (χ0) is 25.5. The molecule has 0 radical (unpaired) electrons. The minimum Gasteiger partial charge on any atom is -0.456 e. The lowest BCUT2D eigenvalue weighted by molar-refractivity contribution is -0.165. The molecule has 188 valence electrons. The van der Waals surface area contributed by atoms with Gasteiger partial charge < -0.3 is 18.9 Å². The summed E-state index contributed by atoms with van der Waals surface area (Å²) in [5.74, 6) is -0.637. The predicted octanol–water partition coefficient (Wildman–Crippen LogP) is 2.97. The van der Waals surface area contributed by atoms with Gasteiger partial charge in [0.05, 0.1) is 9.67 Å². The van der Waals surface area contributed by atoms with Crippen LogP contribution in [0.15, 0.2) is 46.2 Å². The lowest BCUT2D eigenvalue weighted by atomic mass is 10.1. The highest BCUT2D eigenvalue weighted by molar-refractivity contribution is 14.1. The third-order valence-electron chi connectivity index (χ3n) is 4.76. The fraction of sp³-hybridized carbons (Fsp3) is 0.409. The Bertz CT molecular complexity index is 1130. The predicted molar refractivity (Wildman–Crippen MR) is 134 cm³/mol. The number of ether oxygens (including phenoxy) is 4. The third kappa shape index (κ3) is 7.41. The van der Waals surface area contributed by atoms with Crippen molar-refractivity contribution in [3.05, 3.63) is 50.6 Å². The van der Waals surface area contributed by atoms with E-state index < -0.39 is 48.3 Å². The number of benzene rings is 1. The van der Waals surface area contributed by atoms with Gasteiger partial charge in [-0.25, -0.2) is 9.59 Å². The maximum atomic E-state index is 12.8. The van der Waals surface area contributed by atoms with Crippen molar-refractivity contribution in [1.82, 2.24) is 9.55 Å². The number of rotatable bonds is 8. The Balaban J connectivity index is 1.67. The van der Waals surface area contributed by atoms with Gasteiger partial charge in [0.15, 0.2) is 24.3 Å². The first-order valence-electron chi connectivity index (χ1n) is 10.6. The van der Waals surface area contributed by atoms with Crippen LogP contribution < -0.4 is 11.0 Å². The maximum absolute atomic E-state index is 12.8. The Morgan fingerprint density at radius 1 is 1.14 bits per heavy atom. The first kappa shape index (κ1) is 26.9. The van der Waals surface area contributed by atoms with E-state index in [9.17, 15) is 19.2 Å². The first-order chi connectivity index (χ1) is 16.7.